The van der Waals surface area contributed by atoms with Crippen LogP contribution in [-0.4, -0.2) is 44.1 Å². The van der Waals surface area contributed by atoms with Gasteiger partial charge in [-0.05, 0) is 49.3 Å². The molecule has 0 saturated carbocycles. The predicted octanol–water partition coefficient (Wildman–Crippen LogP) is 5.66. The van der Waals surface area contributed by atoms with Crippen molar-refractivity contribution in [3.8, 4) is 0 Å². The number of hydrogen-bond donors (Lipinski definition) is 0. The summed E-state index contributed by atoms with van der Waals surface area (Å²) in [6.45, 7) is 11.0. The number of carbonyl (C=O) groups is 1. The number of fused-ring (bicyclic) bond motifs is 1. The van der Waals surface area contributed by atoms with Gasteiger partial charge in [-0.2, -0.15) is 0 Å². The number of pyridine rings is 1. The van der Waals surface area contributed by atoms with Gasteiger partial charge in [-0.3, -0.25) is 18.9 Å². The number of thiocarbonyl (C=S) groups is 1. The lowest BCUT2D eigenvalue weighted by Crippen LogP contribution is -2.40. The van der Waals surface area contributed by atoms with Crippen LogP contribution in [0.3, 0.4) is 0 Å². The number of aryl methyl sites for hydroxylation is 1. The third-order valence-corrected chi connectivity index (χ3v) is 8.24. The summed E-state index contributed by atoms with van der Waals surface area (Å²) in [5.41, 5.74) is 1.93. The number of aromatic nitrogens is 2. The zero-order chi connectivity index (χ0) is 25.1. The first kappa shape index (κ1) is 25.9. The first-order valence-corrected chi connectivity index (χ1v) is 14.0. The maximum Gasteiger partial charge on any atom is 0.267 e. The topological polar surface area (TPSA) is 57.9 Å². The molecule has 2 aliphatic rings. The molecule has 0 radical (unpaired) electrons. The molecule has 4 rings (SSSR count). The van der Waals surface area contributed by atoms with Gasteiger partial charge in [0.05, 0.1) is 10.5 Å². The molecular formula is C27H36N4O2S2. The van der Waals surface area contributed by atoms with Crippen LogP contribution >= 0.6 is 24.0 Å². The summed E-state index contributed by atoms with van der Waals surface area (Å²) in [7, 11) is 0. The molecule has 2 unspecified atom stereocenters. The number of nitrogens with zero attached hydrogens (tertiary/aromatic N) is 4. The summed E-state index contributed by atoms with van der Waals surface area (Å²) in [5, 5.41) is 0. The van der Waals surface area contributed by atoms with Crippen molar-refractivity contribution in [3.63, 3.8) is 0 Å². The highest BCUT2D eigenvalue weighted by Crippen LogP contribution is 2.35. The number of amides is 1. The van der Waals surface area contributed by atoms with Gasteiger partial charge >= 0.3 is 0 Å². The second kappa shape index (κ2) is 11.2. The average Bonchev–Trinajstić information content (AvgIpc) is 3.07. The molecule has 0 spiro atoms. The largest absolute Gasteiger partial charge is 0.355 e. The highest BCUT2D eigenvalue weighted by atomic mass is 32.2. The number of rotatable bonds is 8. The molecule has 2 atom stereocenters. The van der Waals surface area contributed by atoms with Crippen molar-refractivity contribution in [1.29, 1.82) is 0 Å². The van der Waals surface area contributed by atoms with Crippen molar-refractivity contribution in [3.05, 3.63) is 44.7 Å². The van der Waals surface area contributed by atoms with Crippen LogP contribution in [0.4, 0.5) is 5.82 Å². The highest BCUT2D eigenvalue weighted by molar-refractivity contribution is 8.26. The summed E-state index contributed by atoms with van der Waals surface area (Å²) in [4.78, 5) is 36.4. The molecule has 2 aliphatic heterocycles. The van der Waals surface area contributed by atoms with Gasteiger partial charge in [-0.25, -0.2) is 4.98 Å². The van der Waals surface area contributed by atoms with E-state index in [9.17, 15) is 9.59 Å². The fourth-order valence-electron chi connectivity index (χ4n) is 5.20. The molecule has 0 aliphatic carbocycles. The van der Waals surface area contributed by atoms with Crippen molar-refractivity contribution in [2.45, 2.75) is 66.2 Å². The van der Waals surface area contributed by atoms with E-state index in [4.69, 9.17) is 17.2 Å². The van der Waals surface area contributed by atoms with Crippen molar-refractivity contribution in [2.75, 3.05) is 24.5 Å². The molecule has 4 heterocycles. The Morgan fingerprint density at radius 3 is 2.57 bits per heavy atom. The minimum Gasteiger partial charge on any atom is -0.355 e. The molecule has 188 valence electrons. The summed E-state index contributed by atoms with van der Waals surface area (Å²) >= 11 is 6.84. The molecule has 2 fully saturated rings. The van der Waals surface area contributed by atoms with Crippen LogP contribution in [0.5, 0.6) is 0 Å². The van der Waals surface area contributed by atoms with Gasteiger partial charge in [0.2, 0.25) is 0 Å². The minimum atomic E-state index is -0.149. The zero-order valence-corrected chi connectivity index (χ0v) is 22.9. The standard InChI is InChI=1S/C27H36N4O2S2/c1-5-6-7-8-9-12-31-26(33)22(35-27(31)34)15-21-24(29-16-18(2)14-19(3)17-29)28-23-20(4)11-10-13-30(23)25(21)32/h10-11,13,15,18-19H,5-9,12,14,16-17H2,1-4H3. The Kier molecular flexibility index (Phi) is 8.32. The lowest BCUT2D eigenvalue weighted by molar-refractivity contribution is -0.122. The van der Waals surface area contributed by atoms with E-state index in [2.05, 4.69) is 25.7 Å². The molecule has 2 aromatic rings. The van der Waals surface area contributed by atoms with Gasteiger partial charge < -0.3 is 4.90 Å². The Morgan fingerprint density at radius 2 is 1.86 bits per heavy atom. The summed E-state index contributed by atoms with van der Waals surface area (Å²) in [6.07, 6.45) is 10.3. The number of unbranched alkanes of at least 4 members (excludes halogenated alkanes) is 4. The van der Waals surface area contributed by atoms with E-state index < -0.39 is 0 Å². The minimum absolute atomic E-state index is 0.101. The Labute approximate surface area is 217 Å². The van der Waals surface area contributed by atoms with Gasteiger partial charge in [0.15, 0.2) is 0 Å². The quantitative estimate of drug-likeness (QED) is 0.259. The van der Waals surface area contributed by atoms with Gasteiger partial charge in [0, 0.05) is 25.8 Å². The molecular weight excluding hydrogens is 476 g/mol. The molecule has 35 heavy (non-hydrogen) atoms. The van der Waals surface area contributed by atoms with E-state index in [1.807, 2.05) is 19.1 Å². The van der Waals surface area contributed by atoms with Crippen LogP contribution in [0.25, 0.3) is 11.7 Å². The van der Waals surface area contributed by atoms with Crippen LogP contribution in [0.1, 0.15) is 70.4 Å². The Morgan fingerprint density at radius 1 is 1.14 bits per heavy atom. The summed E-state index contributed by atoms with van der Waals surface area (Å²) < 4.78 is 2.17. The fraction of sp³-hybridized carbons (Fsp3) is 0.556. The average molecular weight is 513 g/mol. The van der Waals surface area contributed by atoms with Crippen molar-refractivity contribution >= 4 is 51.7 Å². The van der Waals surface area contributed by atoms with Crippen molar-refractivity contribution in [2.24, 2.45) is 11.8 Å². The van der Waals surface area contributed by atoms with E-state index in [0.29, 0.717) is 44.6 Å². The number of piperidine rings is 1. The fourth-order valence-corrected chi connectivity index (χ4v) is 6.49. The summed E-state index contributed by atoms with van der Waals surface area (Å²) in [5.74, 6) is 1.59. The van der Waals surface area contributed by atoms with E-state index in [-0.39, 0.29) is 11.5 Å². The van der Waals surface area contributed by atoms with Crippen molar-refractivity contribution < 1.29 is 4.79 Å². The lowest BCUT2D eigenvalue weighted by atomic mass is 9.91. The lowest BCUT2D eigenvalue weighted by Gasteiger charge is -2.36. The van der Waals surface area contributed by atoms with Gasteiger partial charge in [-0.15, -0.1) is 0 Å². The smallest absolute Gasteiger partial charge is 0.267 e. The monoisotopic (exact) mass is 512 g/mol. The molecule has 0 bridgehead atoms. The number of carbonyl (C=O) groups excluding carboxylic acids is 1. The molecule has 0 N–H and O–H groups in total. The van der Waals surface area contributed by atoms with Crippen LogP contribution in [-0.2, 0) is 4.79 Å². The highest BCUT2D eigenvalue weighted by Gasteiger charge is 2.33. The first-order chi connectivity index (χ1) is 16.8. The van der Waals surface area contributed by atoms with Crippen LogP contribution in [0.15, 0.2) is 28.0 Å². The second-order valence-corrected chi connectivity index (χ2v) is 11.8. The number of thioether (sulfide) groups is 1. The van der Waals surface area contributed by atoms with E-state index in [0.717, 1.165) is 37.9 Å². The molecule has 2 aromatic heterocycles. The van der Waals surface area contributed by atoms with Gasteiger partial charge in [0.25, 0.3) is 11.5 Å². The third-order valence-electron chi connectivity index (χ3n) is 6.87. The third kappa shape index (κ3) is 5.64. The van der Waals surface area contributed by atoms with Crippen LogP contribution in [0.2, 0.25) is 0 Å². The molecule has 8 heteroatoms. The van der Waals surface area contributed by atoms with E-state index >= 15 is 0 Å². The Balaban J connectivity index is 1.71. The van der Waals surface area contributed by atoms with Gasteiger partial charge in [0.1, 0.15) is 15.8 Å². The Hall–Kier alpha value is -2.19. The van der Waals surface area contributed by atoms with Crippen LogP contribution < -0.4 is 10.5 Å². The van der Waals surface area contributed by atoms with E-state index in [1.165, 1.54) is 31.0 Å². The maximum atomic E-state index is 13.7. The molecule has 1 amide bonds. The Bertz CT molecular complexity index is 1200. The van der Waals surface area contributed by atoms with Crippen molar-refractivity contribution in [1.82, 2.24) is 14.3 Å². The summed E-state index contributed by atoms with van der Waals surface area (Å²) in [6, 6.07) is 3.83. The molecule has 6 nitrogen and oxygen atoms in total. The van der Waals surface area contributed by atoms with Gasteiger partial charge in [-0.1, -0.05) is 76.5 Å². The zero-order valence-electron chi connectivity index (χ0n) is 21.2. The first-order valence-electron chi connectivity index (χ1n) is 12.8. The second-order valence-electron chi connectivity index (χ2n) is 10.1. The van der Waals surface area contributed by atoms with Crippen LogP contribution in [0, 0.1) is 18.8 Å². The number of anilines is 1. The normalized spacial score (nSPS) is 22.1. The molecule has 0 aromatic carbocycles. The number of hydrogen-bond acceptors (Lipinski definition) is 6. The SMILES string of the molecule is CCCCCCCN1C(=O)C(=Cc2c(N3CC(C)CC(C)C3)nc3c(C)cccn3c2=O)SC1=S. The molecule has 2 saturated heterocycles. The predicted molar refractivity (Wildman–Crippen MR) is 150 cm³/mol. The van der Waals surface area contributed by atoms with E-state index in [1.54, 1.807) is 21.6 Å². The maximum absolute atomic E-state index is 13.7.